The summed E-state index contributed by atoms with van der Waals surface area (Å²) < 4.78 is 3.08. The fourth-order valence-electron chi connectivity index (χ4n) is 3.25. The molecule has 4 rings (SSSR count). The molecule has 1 aromatic rings. The molecule has 3 aliphatic rings. The smallest absolute Gasteiger partial charge is 0.273 e. The molecule has 1 saturated heterocycles. The van der Waals surface area contributed by atoms with Crippen LogP contribution in [0.1, 0.15) is 36.2 Å². The summed E-state index contributed by atoms with van der Waals surface area (Å²) in [5, 5.41) is 8.08. The summed E-state index contributed by atoms with van der Waals surface area (Å²) in [6.45, 7) is 1.99. The van der Waals surface area contributed by atoms with E-state index < -0.39 is 0 Å². The first kappa shape index (κ1) is 13.4. The van der Waals surface area contributed by atoms with E-state index in [1.165, 1.54) is 0 Å². The third-order valence-corrected chi connectivity index (χ3v) is 5.27. The second kappa shape index (κ2) is 5.17. The molecule has 5 nitrogen and oxygen atoms in total. The van der Waals surface area contributed by atoms with Crippen LogP contribution in [0, 0.1) is 0 Å². The van der Waals surface area contributed by atoms with E-state index in [0.717, 1.165) is 46.7 Å². The van der Waals surface area contributed by atoms with Crippen molar-refractivity contribution in [1.82, 2.24) is 15.0 Å². The van der Waals surface area contributed by atoms with Gasteiger partial charge in [0.05, 0.1) is 17.3 Å². The predicted octanol–water partition coefficient (Wildman–Crippen LogP) is 1.90. The van der Waals surface area contributed by atoms with Gasteiger partial charge in [0.2, 0.25) is 0 Å². The van der Waals surface area contributed by atoms with Gasteiger partial charge in [-0.15, -0.1) is 0 Å². The third-order valence-electron chi connectivity index (χ3n) is 4.28. The second-order valence-electron chi connectivity index (χ2n) is 5.58. The minimum Gasteiger partial charge on any atom is -0.317 e. The van der Waals surface area contributed by atoms with Gasteiger partial charge in [0.15, 0.2) is 0 Å². The summed E-state index contributed by atoms with van der Waals surface area (Å²) in [6.07, 6.45) is 8.16. The van der Waals surface area contributed by atoms with Crippen molar-refractivity contribution < 1.29 is 0 Å². The molecule has 0 saturated carbocycles. The first-order valence-corrected chi connectivity index (χ1v) is 8.29. The Morgan fingerprint density at radius 1 is 1.33 bits per heavy atom. The first-order chi connectivity index (χ1) is 10.2. The average Bonchev–Trinajstić information content (AvgIpc) is 2.87. The largest absolute Gasteiger partial charge is 0.317 e. The van der Waals surface area contributed by atoms with Gasteiger partial charge in [0.1, 0.15) is 5.82 Å². The standard InChI is InChI=1S/C15H15IN4O/c16-10-2-1-3-11-14(10)15-18-13(21)8-12(20(15)19-11)9-4-6-17-7-5-9/h1-3,8-9,14,17H,4-7H2. The Morgan fingerprint density at radius 3 is 2.95 bits per heavy atom. The Morgan fingerprint density at radius 2 is 2.14 bits per heavy atom. The average molecular weight is 394 g/mol. The number of piperidine rings is 1. The molecular weight excluding hydrogens is 379 g/mol. The zero-order chi connectivity index (χ0) is 14.4. The van der Waals surface area contributed by atoms with Crippen molar-refractivity contribution >= 4 is 28.3 Å². The maximum Gasteiger partial charge on any atom is 0.273 e. The van der Waals surface area contributed by atoms with Gasteiger partial charge in [-0.3, -0.25) is 4.79 Å². The second-order valence-corrected chi connectivity index (χ2v) is 6.83. The molecule has 21 heavy (non-hydrogen) atoms. The van der Waals surface area contributed by atoms with E-state index >= 15 is 0 Å². The Bertz CT molecular complexity index is 741. The van der Waals surface area contributed by atoms with Gasteiger partial charge in [-0.25, -0.2) is 4.68 Å². The number of allylic oxidation sites excluding steroid dienone is 4. The molecule has 2 aliphatic heterocycles. The summed E-state index contributed by atoms with van der Waals surface area (Å²) in [7, 11) is 0. The van der Waals surface area contributed by atoms with Gasteiger partial charge < -0.3 is 5.32 Å². The molecule has 1 atom stereocenters. The minimum absolute atomic E-state index is 0.0324. The van der Waals surface area contributed by atoms with Crippen molar-refractivity contribution in [1.29, 1.82) is 0 Å². The van der Waals surface area contributed by atoms with Crippen molar-refractivity contribution in [3.05, 3.63) is 49.7 Å². The lowest BCUT2D eigenvalue weighted by Crippen LogP contribution is -2.29. The van der Waals surface area contributed by atoms with E-state index in [1.54, 1.807) is 6.07 Å². The lowest BCUT2D eigenvalue weighted by Gasteiger charge is -2.24. The fraction of sp³-hybridized carbons (Fsp3) is 0.400. The van der Waals surface area contributed by atoms with Crippen LogP contribution in [0.25, 0.3) is 0 Å². The Labute approximate surface area is 136 Å². The molecule has 0 bridgehead atoms. The van der Waals surface area contributed by atoms with E-state index in [0.29, 0.717) is 5.92 Å². The van der Waals surface area contributed by atoms with Gasteiger partial charge in [-0.1, -0.05) is 12.2 Å². The van der Waals surface area contributed by atoms with E-state index in [9.17, 15) is 4.79 Å². The van der Waals surface area contributed by atoms with Crippen LogP contribution >= 0.6 is 22.6 Å². The van der Waals surface area contributed by atoms with Crippen LogP contribution in [0.4, 0.5) is 0 Å². The van der Waals surface area contributed by atoms with E-state index in [-0.39, 0.29) is 11.5 Å². The maximum absolute atomic E-state index is 12.0. The highest BCUT2D eigenvalue weighted by atomic mass is 127. The number of nitrogens with zero attached hydrogens (tertiary/aromatic N) is 3. The number of fused-ring (bicyclic) bond motifs is 3. The van der Waals surface area contributed by atoms with Gasteiger partial charge in [-0.2, -0.15) is 10.1 Å². The molecule has 1 unspecified atom stereocenters. The van der Waals surface area contributed by atoms with Crippen LogP contribution in [0.5, 0.6) is 0 Å². The zero-order valence-electron chi connectivity index (χ0n) is 11.4. The number of hydrogen-bond acceptors (Lipinski definition) is 4. The molecule has 3 heterocycles. The fourth-order valence-corrected chi connectivity index (χ4v) is 4.06. The summed E-state index contributed by atoms with van der Waals surface area (Å²) >= 11 is 2.31. The molecular formula is C15H15IN4O. The monoisotopic (exact) mass is 394 g/mol. The topological polar surface area (TPSA) is 59.3 Å². The lowest BCUT2D eigenvalue weighted by atomic mass is 9.93. The van der Waals surface area contributed by atoms with Crippen molar-refractivity contribution in [2.45, 2.75) is 24.7 Å². The van der Waals surface area contributed by atoms with Crippen LogP contribution in [-0.2, 0) is 0 Å². The lowest BCUT2D eigenvalue weighted by molar-refractivity contribution is 0.439. The highest BCUT2D eigenvalue weighted by molar-refractivity contribution is 14.1. The molecule has 1 aromatic heterocycles. The van der Waals surface area contributed by atoms with Gasteiger partial charge in [0, 0.05) is 15.6 Å². The molecule has 1 fully saturated rings. The summed E-state index contributed by atoms with van der Waals surface area (Å²) in [5.74, 6) is 1.19. The number of hydrogen-bond donors (Lipinski definition) is 1. The van der Waals surface area contributed by atoms with Crippen LogP contribution in [-0.4, -0.2) is 28.5 Å². The number of aromatic nitrogens is 2. The number of rotatable bonds is 1. The Balaban J connectivity index is 1.86. The van der Waals surface area contributed by atoms with Crippen molar-refractivity contribution in [2.24, 2.45) is 5.10 Å². The molecule has 108 valence electrons. The Hall–Kier alpha value is -1.28. The molecule has 0 amide bonds. The van der Waals surface area contributed by atoms with Gasteiger partial charge in [-0.05, 0) is 54.6 Å². The van der Waals surface area contributed by atoms with Crippen molar-refractivity contribution in [3.63, 3.8) is 0 Å². The van der Waals surface area contributed by atoms with Crippen molar-refractivity contribution in [3.8, 4) is 0 Å². The quantitative estimate of drug-likeness (QED) is 0.741. The molecule has 0 spiro atoms. The van der Waals surface area contributed by atoms with Crippen LogP contribution in [0.2, 0.25) is 0 Å². The molecule has 6 heteroatoms. The molecule has 0 aromatic carbocycles. The third kappa shape index (κ3) is 2.20. The van der Waals surface area contributed by atoms with E-state index in [1.807, 2.05) is 16.8 Å². The van der Waals surface area contributed by atoms with E-state index in [4.69, 9.17) is 5.10 Å². The predicted molar refractivity (Wildman–Crippen MR) is 90.2 cm³/mol. The maximum atomic E-state index is 12.0. The summed E-state index contributed by atoms with van der Waals surface area (Å²) in [5.41, 5.74) is 1.85. The molecule has 0 radical (unpaired) electrons. The normalized spacial score (nSPS) is 24.3. The number of halogens is 1. The summed E-state index contributed by atoms with van der Waals surface area (Å²) in [6, 6.07) is 1.67. The highest BCUT2D eigenvalue weighted by Crippen LogP contribution is 2.38. The highest BCUT2D eigenvalue weighted by Gasteiger charge is 2.34. The number of nitrogens with one attached hydrogen (secondary N) is 1. The van der Waals surface area contributed by atoms with Crippen LogP contribution in [0.15, 0.2) is 37.8 Å². The van der Waals surface area contributed by atoms with E-state index in [2.05, 4.69) is 39.0 Å². The van der Waals surface area contributed by atoms with Gasteiger partial charge >= 0.3 is 0 Å². The SMILES string of the molecule is O=c1cc(C2CCNCC2)n2c(n1)C1C(I)=CC=CC1=N2. The minimum atomic E-state index is -0.148. The van der Waals surface area contributed by atoms with Crippen LogP contribution in [0.3, 0.4) is 0 Å². The zero-order valence-corrected chi connectivity index (χ0v) is 13.6. The Kier molecular flexibility index (Phi) is 3.30. The molecule has 1 aliphatic carbocycles. The van der Waals surface area contributed by atoms with Crippen LogP contribution < -0.4 is 10.9 Å². The molecule has 1 N–H and O–H groups in total. The van der Waals surface area contributed by atoms with Gasteiger partial charge in [0.25, 0.3) is 5.56 Å². The summed E-state index contributed by atoms with van der Waals surface area (Å²) in [4.78, 5) is 16.3. The first-order valence-electron chi connectivity index (χ1n) is 7.21. The van der Waals surface area contributed by atoms with Crippen molar-refractivity contribution in [2.75, 3.05) is 13.1 Å².